The maximum absolute atomic E-state index is 12.2. The van der Waals surface area contributed by atoms with Crippen molar-refractivity contribution >= 4 is 27.6 Å². The molecule has 10 heteroatoms. The SMILES string of the molecule is CN(CCCNC(=O)Nc1ccc(Oc2cccc(Br)c2)nc1)CC(F)(F)F. The van der Waals surface area contributed by atoms with Gasteiger partial charge >= 0.3 is 12.2 Å². The number of urea groups is 1. The van der Waals surface area contributed by atoms with Crippen LogP contribution in [0.15, 0.2) is 47.1 Å². The lowest BCUT2D eigenvalue weighted by molar-refractivity contribution is -0.143. The van der Waals surface area contributed by atoms with Crippen molar-refractivity contribution in [2.45, 2.75) is 12.6 Å². The molecule has 0 fully saturated rings. The number of anilines is 1. The molecule has 0 unspecified atom stereocenters. The van der Waals surface area contributed by atoms with Gasteiger partial charge in [-0.25, -0.2) is 9.78 Å². The van der Waals surface area contributed by atoms with Crippen LogP contribution in [0.1, 0.15) is 6.42 Å². The molecule has 0 saturated carbocycles. The van der Waals surface area contributed by atoms with Crippen molar-refractivity contribution in [2.24, 2.45) is 0 Å². The maximum Gasteiger partial charge on any atom is 0.401 e. The van der Waals surface area contributed by atoms with Gasteiger partial charge in [-0.15, -0.1) is 0 Å². The molecule has 0 spiro atoms. The van der Waals surface area contributed by atoms with Crippen LogP contribution in [0.2, 0.25) is 0 Å². The minimum absolute atomic E-state index is 0.225. The Kier molecular flexibility index (Phi) is 8.06. The van der Waals surface area contributed by atoms with Gasteiger partial charge < -0.3 is 15.4 Å². The van der Waals surface area contributed by atoms with Gasteiger partial charge in [0.25, 0.3) is 0 Å². The molecule has 1 aromatic heterocycles. The summed E-state index contributed by atoms with van der Waals surface area (Å²) in [7, 11) is 1.39. The van der Waals surface area contributed by atoms with Gasteiger partial charge in [-0.1, -0.05) is 22.0 Å². The predicted octanol–water partition coefficient (Wildman–Crippen LogP) is 4.64. The summed E-state index contributed by atoms with van der Waals surface area (Å²) in [6.45, 7) is -0.492. The predicted molar refractivity (Wildman–Crippen MR) is 104 cm³/mol. The van der Waals surface area contributed by atoms with Crippen LogP contribution in [-0.2, 0) is 0 Å². The van der Waals surface area contributed by atoms with Crippen LogP contribution in [0, 0.1) is 0 Å². The zero-order valence-corrected chi connectivity index (χ0v) is 16.7. The molecule has 2 amide bonds. The molecule has 1 heterocycles. The highest BCUT2D eigenvalue weighted by molar-refractivity contribution is 9.10. The standard InChI is InChI=1S/C18H20BrF3N4O2/c1-26(12-18(20,21)22)9-3-8-23-17(27)25-14-6-7-16(24-11-14)28-15-5-2-4-13(19)10-15/h2,4-7,10-11H,3,8-9,12H2,1H3,(H2,23,25,27). The minimum Gasteiger partial charge on any atom is -0.439 e. The number of carbonyl (C=O) groups excluding carboxylic acids is 1. The molecule has 6 nitrogen and oxygen atoms in total. The molecule has 0 bridgehead atoms. The molecule has 0 aliphatic heterocycles. The number of ether oxygens (including phenoxy) is 1. The summed E-state index contributed by atoms with van der Waals surface area (Å²) in [5, 5.41) is 5.19. The quantitative estimate of drug-likeness (QED) is 0.563. The van der Waals surface area contributed by atoms with E-state index in [4.69, 9.17) is 4.74 Å². The first-order valence-corrected chi connectivity index (χ1v) is 9.20. The van der Waals surface area contributed by atoms with E-state index in [0.717, 1.165) is 9.37 Å². The molecule has 2 N–H and O–H groups in total. The number of nitrogens with zero attached hydrogens (tertiary/aromatic N) is 2. The van der Waals surface area contributed by atoms with Crippen LogP contribution in [0.4, 0.5) is 23.7 Å². The summed E-state index contributed by atoms with van der Waals surface area (Å²) >= 11 is 3.35. The highest BCUT2D eigenvalue weighted by Gasteiger charge is 2.28. The van der Waals surface area contributed by atoms with Crippen molar-refractivity contribution in [2.75, 3.05) is 32.0 Å². The number of hydrogen-bond donors (Lipinski definition) is 2. The Morgan fingerprint density at radius 1 is 1.29 bits per heavy atom. The van der Waals surface area contributed by atoms with Crippen molar-refractivity contribution in [3.05, 3.63) is 47.1 Å². The number of benzene rings is 1. The summed E-state index contributed by atoms with van der Waals surface area (Å²) in [6, 6.07) is 10.1. The van der Waals surface area contributed by atoms with E-state index in [2.05, 4.69) is 31.5 Å². The molecule has 2 rings (SSSR count). The van der Waals surface area contributed by atoms with E-state index >= 15 is 0 Å². The van der Waals surface area contributed by atoms with E-state index in [9.17, 15) is 18.0 Å². The zero-order chi connectivity index (χ0) is 20.6. The number of hydrogen-bond acceptors (Lipinski definition) is 4. The van der Waals surface area contributed by atoms with Crippen LogP contribution >= 0.6 is 15.9 Å². The first-order valence-electron chi connectivity index (χ1n) is 8.41. The highest BCUT2D eigenvalue weighted by Crippen LogP contribution is 2.23. The Hall–Kier alpha value is -2.33. The number of halogens is 4. The molecule has 28 heavy (non-hydrogen) atoms. The topological polar surface area (TPSA) is 66.5 Å². The summed E-state index contributed by atoms with van der Waals surface area (Å²) in [6.07, 6.45) is -2.37. The van der Waals surface area contributed by atoms with Gasteiger partial charge in [0.15, 0.2) is 0 Å². The maximum atomic E-state index is 12.2. The van der Waals surface area contributed by atoms with E-state index in [1.54, 1.807) is 24.3 Å². The van der Waals surface area contributed by atoms with Crippen molar-refractivity contribution in [3.8, 4) is 11.6 Å². The number of nitrogens with one attached hydrogen (secondary N) is 2. The number of alkyl halides is 3. The smallest absolute Gasteiger partial charge is 0.401 e. The molecular formula is C18H20BrF3N4O2. The van der Waals surface area contributed by atoms with Crippen molar-refractivity contribution in [3.63, 3.8) is 0 Å². The van der Waals surface area contributed by atoms with Crippen molar-refractivity contribution in [1.82, 2.24) is 15.2 Å². The van der Waals surface area contributed by atoms with Crippen LogP contribution < -0.4 is 15.4 Å². The molecule has 0 aliphatic rings. The molecule has 0 aliphatic carbocycles. The Morgan fingerprint density at radius 3 is 2.71 bits per heavy atom. The fourth-order valence-corrected chi connectivity index (χ4v) is 2.66. The highest BCUT2D eigenvalue weighted by atomic mass is 79.9. The number of amides is 2. The monoisotopic (exact) mass is 460 g/mol. The van der Waals surface area contributed by atoms with Gasteiger partial charge in [0.05, 0.1) is 18.4 Å². The summed E-state index contributed by atoms with van der Waals surface area (Å²) in [5.41, 5.74) is 0.466. The number of rotatable bonds is 8. The van der Waals surface area contributed by atoms with Crippen LogP contribution in [0.3, 0.4) is 0 Å². The summed E-state index contributed by atoms with van der Waals surface area (Å²) in [5.74, 6) is 0.993. The van der Waals surface area contributed by atoms with Gasteiger partial charge in [-0.3, -0.25) is 4.90 Å². The molecule has 0 radical (unpaired) electrons. The Balaban J connectivity index is 1.71. The Morgan fingerprint density at radius 2 is 2.07 bits per heavy atom. The fraction of sp³-hybridized carbons (Fsp3) is 0.333. The molecule has 2 aromatic rings. The molecule has 0 atom stereocenters. The van der Waals surface area contributed by atoms with Gasteiger partial charge in [-0.2, -0.15) is 13.2 Å². The lowest BCUT2D eigenvalue weighted by atomic mass is 10.3. The zero-order valence-electron chi connectivity index (χ0n) is 15.1. The summed E-state index contributed by atoms with van der Waals surface area (Å²) in [4.78, 5) is 17.1. The molecule has 152 valence electrons. The Bertz CT molecular complexity index is 772. The number of carbonyl (C=O) groups is 1. The average Bonchev–Trinajstić information content (AvgIpc) is 2.59. The lowest BCUT2D eigenvalue weighted by Crippen LogP contribution is -2.34. The third-order valence-corrected chi connectivity index (χ3v) is 3.96. The number of pyridine rings is 1. The van der Waals surface area contributed by atoms with Crippen LogP contribution in [0.25, 0.3) is 0 Å². The minimum atomic E-state index is -4.22. The van der Waals surface area contributed by atoms with Crippen molar-refractivity contribution < 1.29 is 22.7 Å². The average molecular weight is 461 g/mol. The largest absolute Gasteiger partial charge is 0.439 e. The van der Waals surface area contributed by atoms with Crippen LogP contribution in [-0.4, -0.2) is 48.8 Å². The van der Waals surface area contributed by atoms with E-state index in [0.29, 0.717) is 23.7 Å². The molecule has 1 aromatic carbocycles. The summed E-state index contributed by atoms with van der Waals surface area (Å²) < 4.78 is 43.1. The van der Waals surface area contributed by atoms with Crippen LogP contribution in [0.5, 0.6) is 11.6 Å². The Labute approximate surface area is 169 Å². The van der Waals surface area contributed by atoms with Gasteiger partial charge in [-0.05, 0) is 44.3 Å². The lowest BCUT2D eigenvalue weighted by Gasteiger charge is -2.18. The fourth-order valence-electron chi connectivity index (χ4n) is 2.28. The number of aromatic nitrogens is 1. The van der Waals surface area contributed by atoms with Gasteiger partial charge in [0.1, 0.15) is 5.75 Å². The molecular weight excluding hydrogens is 441 g/mol. The second-order valence-electron chi connectivity index (χ2n) is 6.03. The van der Waals surface area contributed by atoms with Gasteiger partial charge in [0.2, 0.25) is 5.88 Å². The van der Waals surface area contributed by atoms with Gasteiger partial charge in [0, 0.05) is 17.1 Å². The third kappa shape index (κ3) is 8.57. The second-order valence-corrected chi connectivity index (χ2v) is 6.95. The van der Waals surface area contributed by atoms with E-state index in [1.807, 2.05) is 12.1 Å². The van der Waals surface area contributed by atoms with E-state index in [1.165, 1.54) is 13.2 Å². The normalized spacial score (nSPS) is 11.4. The third-order valence-electron chi connectivity index (χ3n) is 3.46. The van der Waals surface area contributed by atoms with Crippen molar-refractivity contribution in [1.29, 1.82) is 0 Å². The second kappa shape index (κ2) is 10.3. The first-order chi connectivity index (χ1) is 13.2. The van der Waals surface area contributed by atoms with E-state index < -0.39 is 18.8 Å². The molecule has 0 saturated heterocycles. The van der Waals surface area contributed by atoms with E-state index in [-0.39, 0.29) is 13.1 Å². The first kappa shape index (κ1) is 22.0.